The lowest BCUT2D eigenvalue weighted by molar-refractivity contribution is -0.305. The van der Waals surface area contributed by atoms with Crippen LogP contribution in [0.3, 0.4) is 0 Å². The van der Waals surface area contributed by atoms with Crippen LogP contribution < -0.4 is 5.11 Å². The third-order valence-electron chi connectivity index (χ3n) is 0.930. The van der Waals surface area contributed by atoms with Crippen molar-refractivity contribution in [3.8, 4) is 0 Å². The number of hydrogen-bond donors (Lipinski definition) is 0. The van der Waals surface area contributed by atoms with Gasteiger partial charge in [0.05, 0.1) is 6.42 Å². The molecule has 0 heterocycles. The number of ether oxygens (including phenoxy) is 1. The molecule has 4 nitrogen and oxygen atoms in total. The highest BCUT2D eigenvalue weighted by molar-refractivity contribution is 5.75. The number of alkyl halides is 3. The van der Waals surface area contributed by atoms with Gasteiger partial charge in [0.15, 0.2) is 6.61 Å². The molecule has 0 atom stereocenters. The molecule has 0 aliphatic rings. The number of halogens is 3. The Labute approximate surface area is 71.3 Å². The summed E-state index contributed by atoms with van der Waals surface area (Å²) in [5, 5.41) is 9.76. The number of carboxylic acids is 1. The van der Waals surface area contributed by atoms with Crippen molar-refractivity contribution in [1.82, 2.24) is 0 Å². The van der Waals surface area contributed by atoms with Gasteiger partial charge in [0.25, 0.3) is 0 Å². The van der Waals surface area contributed by atoms with Gasteiger partial charge < -0.3 is 14.6 Å². The highest BCUT2D eigenvalue weighted by atomic mass is 19.4. The largest absolute Gasteiger partial charge is 0.550 e. The third-order valence-corrected chi connectivity index (χ3v) is 0.930. The van der Waals surface area contributed by atoms with Crippen LogP contribution in [0.25, 0.3) is 0 Å². The third kappa shape index (κ3) is 8.64. The molecule has 0 radical (unpaired) electrons. The van der Waals surface area contributed by atoms with E-state index in [0.717, 1.165) is 0 Å². The first-order valence-electron chi connectivity index (χ1n) is 3.23. The number of carboxylic acid groups (broad SMARTS) is 1. The van der Waals surface area contributed by atoms with Crippen LogP contribution in [0.2, 0.25) is 0 Å². The van der Waals surface area contributed by atoms with Crippen molar-refractivity contribution in [2.45, 2.75) is 19.0 Å². The molecule has 0 fully saturated rings. The number of hydrogen-bond acceptors (Lipinski definition) is 4. The van der Waals surface area contributed by atoms with Crippen molar-refractivity contribution in [1.29, 1.82) is 0 Å². The maximum Gasteiger partial charge on any atom is 0.422 e. The maximum absolute atomic E-state index is 11.4. The van der Waals surface area contributed by atoms with E-state index in [1.54, 1.807) is 0 Å². The van der Waals surface area contributed by atoms with Crippen LogP contribution in [0, 0.1) is 0 Å². The Hall–Kier alpha value is -1.27. The first-order chi connectivity index (χ1) is 5.81. The second kappa shape index (κ2) is 4.68. The van der Waals surface area contributed by atoms with E-state index in [1.165, 1.54) is 0 Å². The Morgan fingerprint density at radius 1 is 1.23 bits per heavy atom. The van der Waals surface area contributed by atoms with Crippen molar-refractivity contribution in [2.75, 3.05) is 6.61 Å². The number of aliphatic carboxylic acids is 1. The van der Waals surface area contributed by atoms with Crippen molar-refractivity contribution in [3.05, 3.63) is 0 Å². The van der Waals surface area contributed by atoms with Gasteiger partial charge in [-0.1, -0.05) is 0 Å². The van der Waals surface area contributed by atoms with E-state index < -0.39 is 37.6 Å². The van der Waals surface area contributed by atoms with Crippen molar-refractivity contribution < 1.29 is 32.6 Å². The van der Waals surface area contributed by atoms with E-state index in [4.69, 9.17) is 0 Å². The minimum absolute atomic E-state index is 0.613. The van der Waals surface area contributed by atoms with Gasteiger partial charge >= 0.3 is 12.1 Å². The SMILES string of the molecule is O=C([O-])CCC(=O)OCC(F)(F)F. The molecule has 13 heavy (non-hydrogen) atoms. The zero-order valence-electron chi connectivity index (χ0n) is 6.39. The molecule has 0 aromatic rings. The molecule has 0 amide bonds. The van der Waals surface area contributed by atoms with Crippen LogP contribution in [0.5, 0.6) is 0 Å². The van der Waals surface area contributed by atoms with E-state index >= 15 is 0 Å². The van der Waals surface area contributed by atoms with E-state index in [1.807, 2.05) is 0 Å². The van der Waals surface area contributed by atoms with Crippen molar-refractivity contribution in [3.63, 3.8) is 0 Å². The van der Waals surface area contributed by atoms with Gasteiger partial charge in [-0.2, -0.15) is 13.2 Å². The number of esters is 1. The highest BCUT2D eigenvalue weighted by Gasteiger charge is 2.29. The predicted molar refractivity (Wildman–Crippen MR) is 31.3 cm³/mol. The summed E-state index contributed by atoms with van der Waals surface area (Å²) in [6.07, 6.45) is -5.84. The van der Waals surface area contributed by atoms with Crippen LogP contribution in [0.15, 0.2) is 0 Å². The first-order valence-corrected chi connectivity index (χ1v) is 3.23. The molecule has 0 aliphatic carbocycles. The lowest BCUT2D eigenvalue weighted by atomic mass is 10.3. The monoisotopic (exact) mass is 199 g/mol. The van der Waals surface area contributed by atoms with Gasteiger partial charge in [0.2, 0.25) is 0 Å². The summed E-state index contributed by atoms with van der Waals surface area (Å²) < 4.78 is 37.9. The molecule has 7 heteroatoms. The van der Waals surface area contributed by atoms with Crippen LogP contribution in [0.4, 0.5) is 13.2 Å². The summed E-state index contributed by atoms with van der Waals surface area (Å²) in [6.45, 7) is -1.70. The van der Waals surface area contributed by atoms with Crippen molar-refractivity contribution >= 4 is 11.9 Å². The first kappa shape index (κ1) is 11.7. The highest BCUT2D eigenvalue weighted by Crippen LogP contribution is 2.14. The Morgan fingerprint density at radius 2 is 1.77 bits per heavy atom. The van der Waals surface area contributed by atoms with Gasteiger partial charge in [0, 0.05) is 5.97 Å². The zero-order valence-corrected chi connectivity index (χ0v) is 6.39. The summed E-state index contributed by atoms with van der Waals surface area (Å²) in [5.74, 6) is -2.72. The quantitative estimate of drug-likeness (QED) is 0.579. The molecule has 0 saturated carbocycles. The standard InChI is InChI=1S/C6H7F3O4/c7-6(8,9)3-13-5(12)2-1-4(10)11/h1-3H2,(H,10,11)/p-1. The second-order valence-electron chi connectivity index (χ2n) is 2.15. The molecular formula is C6H6F3O4-. The Morgan fingerprint density at radius 3 is 2.15 bits per heavy atom. The minimum atomic E-state index is -4.59. The van der Waals surface area contributed by atoms with Gasteiger partial charge in [-0.3, -0.25) is 4.79 Å². The molecule has 0 aromatic carbocycles. The number of rotatable bonds is 4. The molecule has 0 aromatic heterocycles. The average Bonchev–Trinajstić information content (AvgIpc) is 1.95. The summed E-state index contributed by atoms with van der Waals surface area (Å²) >= 11 is 0. The van der Waals surface area contributed by atoms with E-state index in [0.29, 0.717) is 0 Å². The van der Waals surface area contributed by atoms with E-state index in [-0.39, 0.29) is 0 Å². The minimum Gasteiger partial charge on any atom is -0.550 e. The molecule has 0 spiro atoms. The Kier molecular flexibility index (Phi) is 4.22. The number of carbonyl (C=O) groups excluding carboxylic acids is 2. The molecule has 0 aliphatic heterocycles. The molecular weight excluding hydrogens is 193 g/mol. The molecule has 0 unspecified atom stereocenters. The zero-order chi connectivity index (χ0) is 10.5. The second-order valence-corrected chi connectivity index (χ2v) is 2.15. The fourth-order valence-corrected chi connectivity index (χ4v) is 0.439. The summed E-state index contributed by atoms with van der Waals surface area (Å²) in [5.41, 5.74) is 0. The van der Waals surface area contributed by atoms with Crippen molar-refractivity contribution in [2.24, 2.45) is 0 Å². The Balaban J connectivity index is 3.58. The number of carbonyl (C=O) groups is 2. The van der Waals surface area contributed by atoms with Crippen LogP contribution in [-0.4, -0.2) is 24.7 Å². The lowest BCUT2D eigenvalue weighted by Crippen LogP contribution is -2.24. The maximum atomic E-state index is 11.4. The summed E-state index contributed by atoms with van der Waals surface area (Å²) in [7, 11) is 0. The van der Waals surface area contributed by atoms with Crippen LogP contribution >= 0.6 is 0 Å². The van der Waals surface area contributed by atoms with E-state index in [9.17, 15) is 27.9 Å². The van der Waals surface area contributed by atoms with Gasteiger partial charge in [-0.05, 0) is 6.42 Å². The lowest BCUT2D eigenvalue weighted by Gasteiger charge is -2.07. The van der Waals surface area contributed by atoms with Crippen LogP contribution in [0.1, 0.15) is 12.8 Å². The Bertz CT molecular complexity index is 199. The molecule has 76 valence electrons. The van der Waals surface area contributed by atoms with Gasteiger partial charge in [0.1, 0.15) is 0 Å². The van der Waals surface area contributed by atoms with Gasteiger partial charge in [-0.15, -0.1) is 0 Å². The summed E-state index contributed by atoms with van der Waals surface area (Å²) in [4.78, 5) is 20.1. The topological polar surface area (TPSA) is 66.4 Å². The van der Waals surface area contributed by atoms with Gasteiger partial charge in [-0.25, -0.2) is 0 Å². The molecule has 0 rings (SSSR count). The predicted octanol–water partition coefficient (Wildman–Crippen LogP) is -0.378. The molecule has 0 N–H and O–H groups in total. The van der Waals surface area contributed by atoms with Crippen LogP contribution in [-0.2, 0) is 14.3 Å². The average molecular weight is 199 g/mol. The fourth-order valence-electron chi connectivity index (χ4n) is 0.439. The fraction of sp³-hybridized carbons (Fsp3) is 0.667. The smallest absolute Gasteiger partial charge is 0.422 e. The normalized spacial score (nSPS) is 11.0. The molecule has 0 bridgehead atoms. The molecule has 0 saturated heterocycles. The van der Waals surface area contributed by atoms with E-state index in [2.05, 4.69) is 4.74 Å². The summed E-state index contributed by atoms with van der Waals surface area (Å²) in [6, 6.07) is 0.